The molecule has 0 spiro atoms. The van der Waals surface area contributed by atoms with Gasteiger partial charge in [0.25, 0.3) is 0 Å². The highest BCUT2D eigenvalue weighted by molar-refractivity contribution is 7.80. The van der Waals surface area contributed by atoms with Crippen molar-refractivity contribution in [3.63, 3.8) is 0 Å². The number of aryl methyl sites for hydroxylation is 1. The fourth-order valence-corrected chi connectivity index (χ4v) is 2.91. The van der Waals surface area contributed by atoms with Crippen molar-refractivity contribution in [1.29, 1.82) is 0 Å². The zero-order valence-electron chi connectivity index (χ0n) is 11.4. The first-order valence-electron chi connectivity index (χ1n) is 7.10. The van der Waals surface area contributed by atoms with E-state index in [-0.39, 0.29) is 0 Å². The summed E-state index contributed by atoms with van der Waals surface area (Å²) in [5.74, 6) is 0. The van der Waals surface area contributed by atoms with Gasteiger partial charge in [0, 0.05) is 37.9 Å². The summed E-state index contributed by atoms with van der Waals surface area (Å²) in [7, 11) is 0. The van der Waals surface area contributed by atoms with E-state index in [9.17, 15) is 0 Å². The molecule has 0 bridgehead atoms. The van der Waals surface area contributed by atoms with Crippen molar-refractivity contribution in [2.45, 2.75) is 25.8 Å². The zero-order chi connectivity index (χ0) is 13.2. The lowest BCUT2D eigenvalue weighted by Crippen LogP contribution is -2.52. The van der Waals surface area contributed by atoms with Crippen LogP contribution in [-0.4, -0.2) is 42.2 Å². The second kappa shape index (κ2) is 5.37. The molecule has 1 heterocycles. The second-order valence-corrected chi connectivity index (χ2v) is 5.87. The molecule has 3 nitrogen and oxygen atoms in total. The van der Waals surface area contributed by atoms with E-state index in [0.717, 1.165) is 31.3 Å². The zero-order valence-corrected chi connectivity index (χ0v) is 12.2. The Morgan fingerprint density at radius 3 is 2.47 bits per heavy atom. The predicted octanol–water partition coefficient (Wildman–Crippen LogP) is 2.15. The van der Waals surface area contributed by atoms with Crippen LogP contribution in [0.4, 0.5) is 5.69 Å². The Hall–Kier alpha value is -1.29. The van der Waals surface area contributed by atoms with Crippen LogP contribution in [0, 0.1) is 6.92 Å². The van der Waals surface area contributed by atoms with Crippen molar-refractivity contribution in [3.8, 4) is 0 Å². The van der Waals surface area contributed by atoms with Gasteiger partial charge in [-0.05, 0) is 43.6 Å². The van der Waals surface area contributed by atoms with E-state index in [4.69, 9.17) is 12.2 Å². The van der Waals surface area contributed by atoms with Crippen LogP contribution in [0.1, 0.15) is 18.4 Å². The molecule has 1 saturated heterocycles. The van der Waals surface area contributed by atoms with E-state index < -0.39 is 0 Å². The maximum Gasteiger partial charge on any atom is 0.169 e. The Balaban J connectivity index is 1.57. The number of thiocarbonyl (C=S) groups is 1. The van der Waals surface area contributed by atoms with Crippen LogP contribution in [0.2, 0.25) is 0 Å². The fourth-order valence-electron chi connectivity index (χ4n) is 2.56. The first-order chi connectivity index (χ1) is 9.24. The van der Waals surface area contributed by atoms with E-state index >= 15 is 0 Å². The van der Waals surface area contributed by atoms with Crippen molar-refractivity contribution < 1.29 is 0 Å². The molecule has 2 aliphatic rings. The molecule has 4 heteroatoms. The second-order valence-electron chi connectivity index (χ2n) is 5.48. The van der Waals surface area contributed by atoms with Gasteiger partial charge in [-0.1, -0.05) is 18.2 Å². The summed E-state index contributed by atoms with van der Waals surface area (Å²) in [6.07, 6.45) is 2.56. The standard InChI is InChI=1S/C15H21N3S/c1-12-4-2-3-5-14(12)17-8-10-18(11-9-17)15(19)16-13-6-7-13/h2-5,13H,6-11H2,1H3,(H,16,19). The third kappa shape index (κ3) is 3.00. The van der Waals surface area contributed by atoms with Crippen molar-refractivity contribution in [2.24, 2.45) is 0 Å². The molecule has 102 valence electrons. The lowest BCUT2D eigenvalue weighted by Gasteiger charge is -2.38. The van der Waals surface area contributed by atoms with Crippen molar-refractivity contribution in [1.82, 2.24) is 10.2 Å². The van der Waals surface area contributed by atoms with E-state index in [1.165, 1.54) is 24.1 Å². The van der Waals surface area contributed by atoms with Crippen LogP contribution in [0.3, 0.4) is 0 Å². The Bertz CT molecular complexity index is 462. The number of nitrogens with zero attached hydrogens (tertiary/aromatic N) is 2. The molecule has 1 aliphatic heterocycles. The van der Waals surface area contributed by atoms with Crippen LogP contribution in [-0.2, 0) is 0 Å². The number of para-hydroxylation sites is 1. The smallest absolute Gasteiger partial charge is 0.169 e. The Labute approximate surface area is 120 Å². The van der Waals surface area contributed by atoms with Gasteiger partial charge in [0.15, 0.2) is 5.11 Å². The molecular formula is C15H21N3S. The topological polar surface area (TPSA) is 18.5 Å². The van der Waals surface area contributed by atoms with Crippen molar-refractivity contribution >= 4 is 23.0 Å². The normalized spacial score (nSPS) is 19.4. The number of piperazine rings is 1. The summed E-state index contributed by atoms with van der Waals surface area (Å²) in [5, 5.41) is 4.38. The molecule has 1 N–H and O–H groups in total. The van der Waals surface area contributed by atoms with Gasteiger partial charge >= 0.3 is 0 Å². The molecule has 1 aliphatic carbocycles. The van der Waals surface area contributed by atoms with Gasteiger partial charge in [-0.3, -0.25) is 0 Å². The minimum atomic E-state index is 0.655. The molecule has 1 saturated carbocycles. The number of nitrogens with one attached hydrogen (secondary N) is 1. The van der Waals surface area contributed by atoms with E-state index in [1.807, 2.05) is 0 Å². The largest absolute Gasteiger partial charge is 0.368 e. The number of benzene rings is 1. The van der Waals surface area contributed by atoms with E-state index in [0.29, 0.717) is 6.04 Å². The molecule has 0 aromatic heterocycles. The summed E-state index contributed by atoms with van der Waals surface area (Å²) in [4.78, 5) is 4.77. The highest BCUT2D eigenvalue weighted by atomic mass is 32.1. The first-order valence-corrected chi connectivity index (χ1v) is 7.51. The minimum absolute atomic E-state index is 0.655. The number of hydrogen-bond donors (Lipinski definition) is 1. The molecule has 19 heavy (non-hydrogen) atoms. The quantitative estimate of drug-likeness (QED) is 0.833. The number of hydrogen-bond acceptors (Lipinski definition) is 2. The summed E-state index contributed by atoms with van der Waals surface area (Å²) in [5.41, 5.74) is 2.72. The van der Waals surface area contributed by atoms with Gasteiger partial charge < -0.3 is 15.1 Å². The van der Waals surface area contributed by atoms with Gasteiger partial charge in [-0.25, -0.2) is 0 Å². The summed E-state index contributed by atoms with van der Waals surface area (Å²) >= 11 is 5.47. The maximum atomic E-state index is 5.47. The van der Waals surface area contributed by atoms with Gasteiger partial charge in [0.05, 0.1) is 0 Å². The van der Waals surface area contributed by atoms with E-state index in [2.05, 4.69) is 46.3 Å². The van der Waals surface area contributed by atoms with Crippen LogP contribution in [0.5, 0.6) is 0 Å². The lowest BCUT2D eigenvalue weighted by atomic mass is 10.1. The van der Waals surface area contributed by atoms with Crippen LogP contribution in [0.15, 0.2) is 24.3 Å². The lowest BCUT2D eigenvalue weighted by molar-refractivity contribution is 0.380. The van der Waals surface area contributed by atoms with Crippen LogP contribution in [0.25, 0.3) is 0 Å². The minimum Gasteiger partial charge on any atom is -0.368 e. The molecular weight excluding hydrogens is 254 g/mol. The fraction of sp³-hybridized carbons (Fsp3) is 0.533. The van der Waals surface area contributed by atoms with Gasteiger partial charge in [-0.2, -0.15) is 0 Å². The molecule has 2 fully saturated rings. The maximum absolute atomic E-state index is 5.47. The van der Waals surface area contributed by atoms with Crippen molar-refractivity contribution in [2.75, 3.05) is 31.1 Å². The van der Waals surface area contributed by atoms with E-state index in [1.54, 1.807) is 0 Å². The highest BCUT2D eigenvalue weighted by Crippen LogP contribution is 2.22. The molecule has 1 aromatic rings. The van der Waals surface area contributed by atoms with Gasteiger partial charge in [-0.15, -0.1) is 0 Å². The monoisotopic (exact) mass is 275 g/mol. The third-order valence-electron chi connectivity index (χ3n) is 3.93. The molecule has 3 rings (SSSR count). The molecule has 0 radical (unpaired) electrons. The number of anilines is 1. The van der Waals surface area contributed by atoms with Crippen LogP contribution >= 0.6 is 12.2 Å². The third-order valence-corrected chi connectivity index (χ3v) is 4.30. The SMILES string of the molecule is Cc1ccccc1N1CCN(C(=S)NC2CC2)CC1. The molecule has 0 unspecified atom stereocenters. The molecule has 0 amide bonds. The summed E-state index contributed by atoms with van der Waals surface area (Å²) in [6, 6.07) is 9.27. The Kier molecular flexibility index (Phi) is 3.60. The van der Waals surface area contributed by atoms with Gasteiger partial charge in [0.1, 0.15) is 0 Å². The highest BCUT2D eigenvalue weighted by Gasteiger charge is 2.25. The molecule has 0 atom stereocenters. The Morgan fingerprint density at radius 2 is 1.84 bits per heavy atom. The van der Waals surface area contributed by atoms with Gasteiger partial charge in [0.2, 0.25) is 0 Å². The summed E-state index contributed by atoms with van der Waals surface area (Å²) in [6.45, 7) is 6.33. The summed E-state index contributed by atoms with van der Waals surface area (Å²) < 4.78 is 0. The predicted molar refractivity (Wildman–Crippen MR) is 83.7 cm³/mol. The van der Waals surface area contributed by atoms with Crippen LogP contribution < -0.4 is 10.2 Å². The first kappa shape index (κ1) is 12.7. The number of rotatable bonds is 2. The van der Waals surface area contributed by atoms with Crippen molar-refractivity contribution in [3.05, 3.63) is 29.8 Å². The molecule has 1 aromatic carbocycles. The average molecular weight is 275 g/mol. The average Bonchev–Trinajstić information content (AvgIpc) is 3.23. The Morgan fingerprint density at radius 1 is 1.16 bits per heavy atom.